The smallest absolute Gasteiger partial charge is 0.419 e. The van der Waals surface area contributed by atoms with Crippen LogP contribution in [0.3, 0.4) is 0 Å². The summed E-state index contributed by atoms with van der Waals surface area (Å²) in [5.74, 6) is 0.538. The number of benzene rings is 2. The molecule has 0 spiro atoms. The largest absolute Gasteiger partial charge is 0.487 e. The quantitative estimate of drug-likeness (QED) is 0.160. The van der Waals surface area contributed by atoms with Crippen LogP contribution < -0.4 is 4.74 Å². The summed E-state index contributed by atoms with van der Waals surface area (Å²) in [7, 11) is -2.41. The molecule has 0 aliphatic heterocycles. The molecule has 3 aromatic rings. The minimum atomic E-state index is -3.92. The van der Waals surface area contributed by atoms with E-state index in [-0.39, 0.29) is 29.6 Å². The third-order valence-electron chi connectivity index (χ3n) is 7.12. The Balaban J connectivity index is 1.55. The lowest BCUT2D eigenvalue weighted by Crippen LogP contribution is -2.44. The highest BCUT2D eigenvalue weighted by Crippen LogP contribution is 2.34. The predicted octanol–water partition coefficient (Wildman–Crippen LogP) is 9.17. The molecule has 3 rings (SSSR count). The number of carbonyl (C=O) groups is 2. The van der Waals surface area contributed by atoms with Gasteiger partial charge in [0.25, 0.3) is 0 Å². The second-order valence-electron chi connectivity index (χ2n) is 13.6. The summed E-state index contributed by atoms with van der Waals surface area (Å²) in [6.45, 7) is 12.7. The molecule has 1 aromatic heterocycles. The minimum absolute atomic E-state index is 0.0123. The Morgan fingerprint density at radius 3 is 2.00 bits per heavy atom. The first-order valence-electron chi connectivity index (χ1n) is 16.0. The number of fused-ring (bicyclic) bond motifs is 1. The summed E-state index contributed by atoms with van der Waals surface area (Å²) in [6.07, 6.45) is 1.88. The number of imide groups is 1. The number of aromatic nitrogens is 1. The van der Waals surface area contributed by atoms with Gasteiger partial charge in [0.2, 0.25) is 10.0 Å². The summed E-state index contributed by atoms with van der Waals surface area (Å²) >= 11 is 13.1. The molecule has 2 aromatic carbocycles. The summed E-state index contributed by atoms with van der Waals surface area (Å²) < 4.78 is 45.2. The van der Waals surface area contributed by atoms with E-state index in [1.54, 1.807) is 47.6 Å². The Kier molecular flexibility index (Phi) is 13.5. The maximum atomic E-state index is 13.5. The Hall–Kier alpha value is -3.12. The number of carbonyl (C=O) groups excluding carboxylic acids is 2. The Morgan fingerprint density at radius 2 is 1.40 bits per heavy atom. The number of halogens is 2. The van der Waals surface area contributed by atoms with Crippen LogP contribution in [0.5, 0.6) is 5.75 Å². The zero-order valence-electron chi connectivity index (χ0n) is 29.1. The van der Waals surface area contributed by atoms with Crippen LogP contribution in [0, 0.1) is 6.92 Å². The number of aryl methyl sites for hydroxylation is 1. The molecule has 0 saturated heterocycles. The standard InChI is InChI=1S/C35H47Cl2N3O7S/c1-24-17-18-25-15-14-16-28(31(25)38-24)45-23-26-27(36)19-20-29(30(26)37)48(43,44)39(8)21-12-10-9-11-13-22-40(32(41)46-34(2,3)4)33(42)47-35(5,6)7/h14-20H,9-13,21-23H2,1-8H3. The van der Waals surface area contributed by atoms with Gasteiger partial charge in [-0.15, -0.1) is 0 Å². The first kappa shape index (κ1) is 39.3. The average molecular weight is 725 g/mol. The van der Waals surface area contributed by atoms with Crippen molar-refractivity contribution in [2.45, 2.75) is 103 Å². The molecule has 0 unspecified atom stereocenters. The second-order valence-corrected chi connectivity index (χ2v) is 16.4. The van der Waals surface area contributed by atoms with E-state index in [0.29, 0.717) is 34.7 Å². The van der Waals surface area contributed by atoms with Gasteiger partial charge in [-0.2, -0.15) is 0 Å². The Labute approximate surface area is 294 Å². The van der Waals surface area contributed by atoms with Crippen molar-refractivity contribution in [2.75, 3.05) is 20.1 Å². The lowest BCUT2D eigenvalue weighted by Gasteiger charge is -2.28. The molecule has 0 aliphatic rings. The highest BCUT2D eigenvalue weighted by Gasteiger charge is 2.31. The maximum Gasteiger partial charge on any atom is 0.419 e. The monoisotopic (exact) mass is 723 g/mol. The first-order chi connectivity index (χ1) is 22.3. The van der Waals surface area contributed by atoms with Crippen molar-refractivity contribution < 1.29 is 32.2 Å². The van der Waals surface area contributed by atoms with Gasteiger partial charge >= 0.3 is 12.2 Å². The molecule has 0 radical (unpaired) electrons. The second kappa shape index (κ2) is 16.5. The van der Waals surface area contributed by atoms with Gasteiger partial charge in [-0.3, -0.25) is 0 Å². The molecule has 2 amide bonds. The van der Waals surface area contributed by atoms with Crippen LogP contribution in [0.1, 0.15) is 84.9 Å². The van der Waals surface area contributed by atoms with Crippen molar-refractivity contribution in [3.8, 4) is 5.75 Å². The van der Waals surface area contributed by atoms with Gasteiger partial charge in [-0.05, 0) is 85.6 Å². The van der Waals surface area contributed by atoms with E-state index >= 15 is 0 Å². The fourth-order valence-electron chi connectivity index (χ4n) is 4.71. The van der Waals surface area contributed by atoms with Crippen LogP contribution >= 0.6 is 23.2 Å². The van der Waals surface area contributed by atoms with E-state index in [4.69, 9.17) is 37.4 Å². The van der Waals surface area contributed by atoms with Crippen LogP contribution in [-0.2, 0) is 26.1 Å². The molecule has 48 heavy (non-hydrogen) atoms. The normalized spacial score (nSPS) is 12.3. The van der Waals surface area contributed by atoms with E-state index in [9.17, 15) is 18.0 Å². The first-order valence-corrected chi connectivity index (χ1v) is 18.2. The van der Waals surface area contributed by atoms with Crippen LogP contribution in [0.2, 0.25) is 10.0 Å². The number of unbranched alkanes of at least 4 members (excludes halogenated alkanes) is 4. The predicted molar refractivity (Wildman–Crippen MR) is 189 cm³/mol. The fraction of sp³-hybridized carbons (Fsp3) is 0.514. The van der Waals surface area contributed by atoms with Crippen LogP contribution in [-0.4, -0.2) is 66.1 Å². The third kappa shape index (κ3) is 11.2. The number of ether oxygens (including phenoxy) is 3. The van der Waals surface area contributed by atoms with Crippen molar-refractivity contribution in [3.63, 3.8) is 0 Å². The van der Waals surface area contributed by atoms with Crippen molar-refractivity contribution in [1.82, 2.24) is 14.2 Å². The maximum absolute atomic E-state index is 13.5. The molecule has 13 heteroatoms. The van der Waals surface area contributed by atoms with Crippen LogP contribution in [0.4, 0.5) is 9.59 Å². The molecular weight excluding hydrogens is 677 g/mol. The van der Waals surface area contributed by atoms with Gasteiger partial charge in [0, 0.05) is 41.8 Å². The zero-order chi connectivity index (χ0) is 35.9. The number of rotatable bonds is 13. The topological polar surface area (TPSA) is 115 Å². The molecule has 264 valence electrons. The van der Waals surface area contributed by atoms with Gasteiger partial charge < -0.3 is 14.2 Å². The number of nitrogens with zero attached hydrogens (tertiary/aromatic N) is 3. The number of sulfonamides is 1. The van der Waals surface area contributed by atoms with Gasteiger partial charge in [0.1, 0.15) is 34.0 Å². The Morgan fingerprint density at radius 1 is 0.812 bits per heavy atom. The average Bonchev–Trinajstić information content (AvgIpc) is 2.96. The van der Waals surface area contributed by atoms with Crippen molar-refractivity contribution in [3.05, 3.63) is 63.8 Å². The minimum Gasteiger partial charge on any atom is -0.487 e. The number of hydrogen-bond donors (Lipinski definition) is 0. The number of para-hydroxylation sites is 1. The molecule has 0 bridgehead atoms. The summed E-state index contributed by atoms with van der Waals surface area (Å²) in [5.41, 5.74) is 0.378. The van der Waals surface area contributed by atoms with E-state index < -0.39 is 33.4 Å². The highest BCUT2D eigenvalue weighted by atomic mass is 35.5. The van der Waals surface area contributed by atoms with Crippen LogP contribution in [0.15, 0.2) is 47.4 Å². The number of amides is 2. The van der Waals surface area contributed by atoms with Crippen LogP contribution in [0.25, 0.3) is 10.9 Å². The SMILES string of the molecule is Cc1ccc2cccc(OCc3c(Cl)ccc(S(=O)(=O)N(C)CCCCCCCN(C(=O)OC(C)(C)C)C(=O)OC(C)(C)C)c3Cl)c2n1. The third-order valence-corrected chi connectivity index (χ3v) is 9.91. The Bertz CT molecular complexity index is 1670. The van der Waals surface area contributed by atoms with Gasteiger partial charge in [0.05, 0.1) is 5.02 Å². The number of hydrogen-bond acceptors (Lipinski definition) is 8. The van der Waals surface area contributed by atoms with E-state index in [1.165, 1.54) is 23.5 Å². The van der Waals surface area contributed by atoms with Crippen molar-refractivity contribution in [2.24, 2.45) is 0 Å². The van der Waals surface area contributed by atoms with E-state index in [0.717, 1.165) is 35.2 Å². The summed E-state index contributed by atoms with van der Waals surface area (Å²) in [6, 6.07) is 12.4. The van der Waals surface area contributed by atoms with Gasteiger partial charge in [-0.1, -0.05) is 60.7 Å². The van der Waals surface area contributed by atoms with Crippen molar-refractivity contribution >= 4 is 56.3 Å². The van der Waals surface area contributed by atoms with Gasteiger partial charge in [0.15, 0.2) is 0 Å². The molecule has 0 aliphatic carbocycles. The lowest BCUT2D eigenvalue weighted by molar-refractivity contribution is 0.00117. The number of pyridine rings is 1. The molecule has 10 nitrogen and oxygen atoms in total. The molecule has 0 saturated carbocycles. The summed E-state index contributed by atoms with van der Waals surface area (Å²) in [5, 5.41) is 1.22. The van der Waals surface area contributed by atoms with E-state index in [2.05, 4.69) is 4.98 Å². The van der Waals surface area contributed by atoms with E-state index in [1.807, 2.05) is 31.2 Å². The lowest BCUT2D eigenvalue weighted by atomic mass is 10.1. The molecule has 1 heterocycles. The molecular formula is C35H47Cl2N3O7S. The fourth-order valence-corrected chi connectivity index (χ4v) is 6.77. The zero-order valence-corrected chi connectivity index (χ0v) is 31.4. The molecule has 0 atom stereocenters. The summed E-state index contributed by atoms with van der Waals surface area (Å²) in [4.78, 5) is 30.9. The molecule has 0 fully saturated rings. The van der Waals surface area contributed by atoms with Crippen molar-refractivity contribution in [1.29, 1.82) is 0 Å². The van der Waals surface area contributed by atoms with Gasteiger partial charge in [-0.25, -0.2) is 32.2 Å². The highest BCUT2D eigenvalue weighted by molar-refractivity contribution is 7.89. The molecule has 0 N–H and O–H groups in total.